The molecule has 118 valence electrons. The van der Waals surface area contributed by atoms with E-state index in [1.165, 1.54) is 17.8 Å². The van der Waals surface area contributed by atoms with Crippen LogP contribution in [0.4, 0.5) is 0 Å². The second-order valence-corrected chi connectivity index (χ2v) is 7.60. The van der Waals surface area contributed by atoms with E-state index in [0.717, 1.165) is 42.2 Å². The number of thiazole rings is 1. The summed E-state index contributed by atoms with van der Waals surface area (Å²) in [6.07, 6.45) is 10.2. The Hall–Kier alpha value is -1.33. The van der Waals surface area contributed by atoms with Gasteiger partial charge in [-0.05, 0) is 44.2 Å². The van der Waals surface area contributed by atoms with Crippen molar-refractivity contribution in [3.05, 3.63) is 29.3 Å². The van der Waals surface area contributed by atoms with Crippen molar-refractivity contribution in [3.8, 4) is 10.6 Å². The van der Waals surface area contributed by atoms with Crippen molar-refractivity contribution >= 4 is 11.3 Å². The van der Waals surface area contributed by atoms with Gasteiger partial charge in [0.2, 0.25) is 0 Å². The molecule has 1 atom stereocenters. The lowest BCUT2D eigenvalue weighted by Crippen LogP contribution is -2.31. The first-order chi connectivity index (χ1) is 10.7. The predicted octanol–water partition coefficient (Wildman–Crippen LogP) is 3.34. The third-order valence-corrected chi connectivity index (χ3v) is 5.05. The van der Waals surface area contributed by atoms with Crippen LogP contribution >= 0.6 is 11.3 Å². The van der Waals surface area contributed by atoms with Crippen molar-refractivity contribution in [2.75, 3.05) is 13.1 Å². The fourth-order valence-electron chi connectivity index (χ4n) is 2.96. The van der Waals surface area contributed by atoms with Crippen LogP contribution in [0.15, 0.2) is 18.6 Å². The molecule has 4 nitrogen and oxygen atoms in total. The lowest BCUT2D eigenvalue weighted by atomic mass is 9.94. The maximum absolute atomic E-state index is 4.61. The SMILES string of the molecule is CC(C)Cc1ncc(-c2nccnc2CC2CCCNC2)s1. The van der Waals surface area contributed by atoms with Crippen molar-refractivity contribution in [1.29, 1.82) is 0 Å². The molecule has 1 aliphatic heterocycles. The Morgan fingerprint density at radius 1 is 1.27 bits per heavy atom. The third-order valence-electron chi connectivity index (χ3n) is 4.02. The van der Waals surface area contributed by atoms with Crippen molar-refractivity contribution in [2.45, 2.75) is 39.5 Å². The summed E-state index contributed by atoms with van der Waals surface area (Å²) in [5.41, 5.74) is 2.15. The number of rotatable bonds is 5. The summed E-state index contributed by atoms with van der Waals surface area (Å²) >= 11 is 1.76. The van der Waals surface area contributed by atoms with E-state index in [1.54, 1.807) is 17.5 Å². The van der Waals surface area contributed by atoms with Crippen molar-refractivity contribution in [2.24, 2.45) is 11.8 Å². The minimum Gasteiger partial charge on any atom is -0.316 e. The standard InChI is InChI=1S/C17H24N4S/c1-12(2)8-16-21-11-15(22-16)17-14(19-6-7-20-17)9-13-4-3-5-18-10-13/h6-7,11-13,18H,3-5,8-10H2,1-2H3. The zero-order valence-corrected chi connectivity index (χ0v) is 14.2. The van der Waals surface area contributed by atoms with E-state index in [9.17, 15) is 0 Å². The molecule has 2 aromatic heterocycles. The molecule has 1 saturated heterocycles. The Bertz CT molecular complexity index is 602. The van der Waals surface area contributed by atoms with Crippen LogP contribution in [-0.4, -0.2) is 28.0 Å². The van der Waals surface area contributed by atoms with Gasteiger partial charge < -0.3 is 5.32 Å². The molecule has 0 saturated carbocycles. The highest BCUT2D eigenvalue weighted by atomic mass is 32.1. The molecular weight excluding hydrogens is 292 g/mol. The first-order valence-corrected chi connectivity index (χ1v) is 8.99. The molecule has 1 N–H and O–H groups in total. The second-order valence-electron chi connectivity index (χ2n) is 6.48. The molecule has 3 heterocycles. The normalized spacial score (nSPS) is 18.8. The van der Waals surface area contributed by atoms with Gasteiger partial charge in [-0.15, -0.1) is 11.3 Å². The fourth-order valence-corrected chi connectivity index (χ4v) is 4.11. The monoisotopic (exact) mass is 316 g/mol. The van der Waals surface area contributed by atoms with Crippen LogP contribution in [0.2, 0.25) is 0 Å². The summed E-state index contributed by atoms with van der Waals surface area (Å²) < 4.78 is 0. The molecule has 3 rings (SSSR count). The molecule has 0 aliphatic carbocycles. The highest BCUT2D eigenvalue weighted by molar-refractivity contribution is 7.15. The van der Waals surface area contributed by atoms with E-state index in [-0.39, 0.29) is 0 Å². The molecule has 0 amide bonds. The lowest BCUT2D eigenvalue weighted by molar-refractivity contribution is 0.373. The number of nitrogens with one attached hydrogen (secondary N) is 1. The summed E-state index contributed by atoms with van der Waals surface area (Å²) in [7, 11) is 0. The predicted molar refractivity (Wildman–Crippen MR) is 91.0 cm³/mol. The van der Waals surface area contributed by atoms with Gasteiger partial charge in [0.25, 0.3) is 0 Å². The fraction of sp³-hybridized carbons (Fsp3) is 0.588. The minimum atomic E-state index is 0.633. The van der Waals surface area contributed by atoms with Gasteiger partial charge in [0.15, 0.2) is 0 Å². The van der Waals surface area contributed by atoms with Crippen molar-refractivity contribution in [1.82, 2.24) is 20.3 Å². The Morgan fingerprint density at radius 3 is 2.91 bits per heavy atom. The topological polar surface area (TPSA) is 50.7 Å². The average molecular weight is 316 g/mol. The highest BCUT2D eigenvalue weighted by Crippen LogP contribution is 2.29. The lowest BCUT2D eigenvalue weighted by Gasteiger charge is -2.22. The van der Waals surface area contributed by atoms with Gasteiger partial charge in [0.05, 0.1) is 15.6 Å². The Balaban J connectivity index is 1.79. The first kappa shape index (κ1) is 15.6. The Labute approximate surface area is 136 Å². The van der Waals surface area contributed by atoms with Crippen LogP contribution in [0.1, 0.15) is 37.4 Å². The Kier molecular flexibility index (Phi) is 5.16. The third kappa shape index (κ3) is 3.90. The van der Waals surface area contributed by atoms with Gasteiger partial charge in [-0.1, -0.05) is 13.8 Å². The van der Waals surface area contributed by atoms with Crippen LogP contribution in [-0.2, 0) is 12.8 Å². The number of hydrogen-bond donors (Lipinski definition) is 1. The molecule has 1 unspecified atom stereocenters. The quantitative estimate of drug-likeness (QED) is 0.919. The van der Waals surface area contributed by atoms with Crippen LogP contribution in [0, 0.1) is 11.8 Å². The zero-order chi connectivity index (χ0) is 15.4. The smallest absolute Gasteiger partial charge is 0.103 e. The van der Waals surface area contributed by atoms with Crippen LogP contribution in [0.3, 0.4) is 0 Å². The van der Waals surface area contributed by atoms with E-state index in [1.807, 2.05) is 12.4 Å². The van der Waals surface area contributed by atoms with E-state index >= 15 is 0 Å². The summed E-state index contributed by atoms with van der Waals surface area (Å²) in [6.45, 7) is 6.70. The largest absolute Gasteiger partial charge is 0.316 e. The summed E-state index contributed by atoms with van der Waals surface area (Å²) in [4.78, 5) is 14.9. The highest BCUT2D eigenvalue weighted by Gasteiger charge is 2.18. The van der Waals surface area contributed by atoms with Gasteiger partial charge in [-0.2, -0.15) is 0 Å². The number of aromatic nitrogens is 3. The summed E-state index contributed by atoms with van der Waals surface area (Å²) in [6, 6.07) is 0. The maximum atomic E-state index is 4.61. The zero-order valence-electron chi connectivity index (χ0n) is 13.4. The molecule has 0 aromatic carbocycles. The van der Waals surface area contributed by atoms with Crippen LogP contribution in [0.25, 0.3) is 10.6 Å². The van der Waals surface area contributed by atoms with E-state index in [4.69, 9.17) is 0 Å². The van der Waals surface area contributed by atoms with Gasteiger partial charge in [0, 0.05) is 25.0 Å². The van der Waals surface area contributed by atoms with Crippen LogP contribution < -0.4 is 5.32 Å². The van der Waals surface area contributed by atoms with Gasteiger partial charge >= 0.3 is 0 Å². The minimum absolute atomic E-state index is 0.633. The molecule has 5 heteroatoms. The second kappa shape index (κ2) is 7.29. The van der Waals surface area contributed by atoms with Crippen molar-refractivity contribution in [3.63, 3.8) is 0 Å². The van der Waals surface area contributed by atoms with E-state index < -0.39 is 0 Å². The number of hydrogen-bond acceptors (Lipinski definition) is 5. The molecular formula is C17H24N4S. The molecule has 0 radical (unpaired) electrons. The van der Waals surface area contributed by atoms with Gasteiger partial charge in [-0.25, -0.2) is 4.98 Å². The first-order valence-electron chi connectivity index (χ1n) is 8.18. The van der Waals surface area contributed by atoms with E-state index in [0.29, 0.717) is 11.8 Å². The van der Waals surface area contributed by atoms with Crippen LogP contribution in [0.5, 0.6) is 0 Å². The maximum Gasteiger partial charge on any atom is 0.103 e. The van der Waals surface area contributed by atoms with E-state index in [2.05, 4.69) is 34.1 Å². The average Bonchev–Trinajstić information content (AvgIpc) is 2.96. The van der Waals surface area contributed by atoms with Gasteiger partial charge in [0.1, 0.15) is 5.69 Å². The number of piperidine rings is 1. The van der Waals surface area contributed by atoms with Crippen molar-refractivity contribution < 1.29 is 0 Å². The molecule has 1 aliphatic rings. The Morgan fingerprint density at radius 2 is 2.14 bits per heavy atom. The molecule has 2 aromatic rings. The molecule has 22 heavy (non-hydrogen) atoms. The number of nitrogens with zero attached hydrogens (tertiary/aromatic N) is 3. The van der Waals surface area contributed by atoms with Gasteiger partial charge in [-0.3, -0.25) is 9.97 Å². The molecule has 1 fully saturated rings. The summed E-state index contributed by atoms with van der Waals surface area (Å²) in [5, 5.41) is 4.68. The molecule has 0 bridgehead atoms. The summed E-state index contributed by atoms with van der Waals surface area (Å²) in [5.74, 6) is 1.31. The molecule has 0 spiro atoms.